The van der Waals surface area contributed by atoms with E-state index >= 15 is 0 Å². The molecule has 1 aliphatic heterocycles. The van der Waals surface area contributed by atoms with Gasteiger partial charge in [-0.15, -0.1) is 0 Å². The number of fused-ring (bicyclic) bond motifs is 2. The van der Waals surface area contributed by atoms with E-state index < -0.39 is 0 Å². The molecule has 1 atom stereocenters. The number of benzene rings is 2. The number of anilines is 1. The molecule has 0 bridgehead atoms. The summed E-state index contributed by atoms with van der Waals surface area (Å²) in [5.74, 6) is 1.26. The van der Waals surface area contributed by atoms with Crippen molar-refractivity contribution in [3.8, 4) is 5.95 Å². The van der Waals surface area contributed by atoms with E-state index in [2.05, 4.69) is 5.32 Å². The number of rotatable bonds is 2. The molecule has 140 valence electrons. The Kier molecular flexibility index (Phi) is 3.77. The Morgan fingerprint density at radius 2 is 1.89 bits per heavy atom. The van der Waals surface area contributed by atoms with Crippen molar-refractivity contribution in [3.63, 3.8) is 0 Å². The Bertz CT molecular complexity index is 1220. The highest BCUT2D eigenvalue weighted by molar-refractivity contribution is 6.30. The van der Waals surface area contributed by atoms with Crippen molar-refractivity contribution in [1.29, 1.82) is 0 Å². The van der Waals surface area contributed by atoms with E-state index in [9.17, 15) is 4.79 Å². The zero-order valence-electron chi connectivity index (χ0n) is 15.5. The summed E-state index contributed by atoms with van der Waals surface area (Å²) in [6.45, 7) is 1.97. The summed E-state index contributed by atoms with van der Waals surface area (Å²) in [7, 11) is 1.95. The maximum atomic E-state index is 12.5. The summed E-state index contributed by atoms with van der Waals surface area (Å²) < 4.78 is 3.73. The lowest BCUT2D eigenvalue weighted by atomic mass is 9.86. The smallest absolute Gasteiger partial charge is 0.233 e. The van der Waals surface area contributed by atoms with Crippen molar-refractivity contribution < 1.29 is 4.79 Å². The van der Waals surface area contributed by atoms with Crippen molar-refractivity contribution in [1.82, 2.24) is 19.3 Å². The number of para-hydroxylation sites is 2. The highest BCUT2D eigenvalue weighted by atomic mass is 35.5. The number of halogens is 1. The number of nitrogens with zero attached hydrogens (tertiary/aromatic N) is 4. The van der Waals surface area contributed by atoms with Gasteiger partial charge in [-0.05, 0) is 36.8 Å². The van der Waals surface area contributed by atoms with Gasteiger partial charge in [-0.3, -0.25) is 4.79 Å². The second kappa shape index (κ2) is 6.21. The lowest BCUT2D eigenvalue weighted by Crippen LogP contribution is -2.25. The van der Waals surface area contributed by atoms with Crippen LogP contribution >= 0.6 is 11.6 Å². The zero-order valence-corrected chi connectivity index (χ0v) is 16.2. The summed E-state index contributed by atoms with van der Waals surface area (Å²) in [5.41, 5.74) is 4.85. The van der Waals surface area contributed by atoms with Gasteiger partial charge < -0.3 is 9.88 Å². The molecule has 28 heavy (non-hydrogen) atoms. The van der Waals surface area contributed by atoms with Crippen molar-refractivity contribution in [2.45, 2.75) is 19.3 Å². The predicted molar refractivity (Wildman–Crippen MR) is 109 cm³/mol. The van der Waals surface area contributed by atoms with E-state index in [0.717, 1.165) is 27.9 Å². The third-order valence-electron chi connectivity index (χ3n) is 5.33. The first-order valence-electron chi connectivity index (χ1n) is 9.09. The molecule has 4 aromatic rings. The number of carbonyl (C=O) groups is 1. The molecule has 2 aromatic heterocycles. The first-order valence-corrected chi connectivity index (χ1v) is 9.47. The van der Waals surface area contributed by atoms with Crippen molar-refractivity contribution in [3.05, 3.63) is 70.4 Å². The van der Waals surface area contributed by atoms with Gasteiger partial charge in [0.1, 0.15) is 5.82 Å². The Hall–Kier alpha value is -3.12. The number of nitrogens with one attached hydrogen (secondary N) is 1. The number of hydrogen-bond donors (Lipinski definition) is 1. The van der Waals surface area contributed by atoms with Crippen LogP contribution in [0.1, 0.15) is 29.2 Å². The summed E-state index contributed by atoms with van der Waals surface area (Å²) in [4.78, 5) is 17.3. The van der Waals surface area contributed by atoms with Gasteiger partial charge in [-0.1, -0.05) is 35.9 Å². The minimum atomic E-state index is -0.0653. The maximum absolute atomic E-state index is 12.5. The second-order valence-electron chi connectivity index (χ2n) is 7.08. The van der Waals surface area contributed by atoms with Gasteiger partial charge in [-0.25, -0.2) is 4.98 Å². The number of imidazole rings is 1. The van der Waals surface area contributed by atoms with Crippen LogP contribution in [0.3, 0.4) is 0 Å². The number of hydrogen-bond acceptors (Lipinski definition) is 3. The van der Waals surface area contributed by atoms with Crippen LogP contribution < -0.4 is 5.32 Å². The summed E-state index contributed by atoms with van der Waals surface area (Å²) in [6.07, 6.45) is 0.379. The third kappa shape index (κ3) is 2.52. The second-order valence-corrected chi connectivity index (χ2v) is 7.51. The molecule has 0 saturated carbocycles. The largest absolute Gasteiger partial charge is 0.311 e. The van der Waals surface area contributed by atoms with Crippen LogP contribution in [0.15, 0.2) is 48.5 Å². The van der Waals surface area contributed by atoms with Crippen LogP contribution in [0.2, 0.25) is 5.02 Å². The Morgan fingerprint density at radius 1 is 1.14 bits per heavy atom. The fourth-order valence-corrected chi connectivity index (χ4v) is 4.12. The molecule has 0 fully saturated rings. The Morgan fingerprint density at radius 3 is 2.64 bits per heavy atom. The SMILES string of the molecule is Cc1nn(-c2nc3ccccc3n2C)c2c1[C@@H](c1ccc(Cl)cc1)CC(=O)N2. The quantitative estimate of drug-likeness (QED) is 0.557. The number of aryl methyl sites for hydroxylation is 2. The number of amides is 1. The van der Waals surface area contributed by atoms with Gasteiger partial charge in [0.05, 0.1) is 16.7 Å². The normalized spacial score (nSPS) is 16.2. The molecule has 0 unspecified atom stereocenters. The Balaban J connectivity index is 1.71. The van der Waals surface area contributed by atoms with Crippen LogP contribution in [0, 0.1) is 6.92 Å². The standard InChI is InChI=1S/C21H18ClN5O/c1-12-19-15(13-7-9-14(22)10-8-13)11-18(28)24-20(19)27(25-12)21-23-16-5-3-4-6-17(16)26(21)2/h3-10,15H,11H2,1-2H3,(H,24,28)/t15-/m1/s1. The van der Waals surface area contributed by atoms with Crippen LogP contribution in [-0.2, 0) is 11.8 Å². The van der Waals surface area contributed by atoms with Gasteiger partial charge in [0.25, 0.3) is 0 Å². The topological polar surface area (TPSA) is 64.7 Å². The van der Waals surface area contributed by atoms with E-state index in [4.69, 9.17) is 21.7 Å². The molecular formula is C21H18ClN5O. The zero-order chi connectivity index (χ0) is 19.4. The highest BCUT2D eigenvalue weighted by Gasteiger charge is 2.33. The summed E-state index contributed by atoms with van der Waals surface area (Å²) in [5, 5.41) is 8.43. The lowest BCUT2D eigenvalue weighted by molar-refractivity contribution is -0.116. The van der Waals surface area contributed by atoms with Crippen LogP contribution in [0.5, 0.6) is 0 Å². The first-order chi connectivity index (χ1) is 13.5. The fourth-order valence-electron chi connectivity index (χ4n) is 3.99. The number of aromatic nitrogens is 4. The van der Waals surface area contributed by atoms with E-state index in [1.54, 1.807) is 4.68 Å². The third-order valence-corrected chi connectivity index (χ3v) is 5.58. The monoisotopic (exact) mass is 391 g/mol. The van der Waals surface area contributed by atoms with E-state index in [-0.39, 0.29) is 11.8 Å². The van der Waals surface area contributed by atoms with Crippen LogP contribution in [0.25, 0.3) is 17.0 Å². The molecule has 7 heteroatoms. The summed E-state index contributed by atoms with van der Waals surface area (Å²) >= 11 is 6.04. The molecule has 0 spiro atoms. The van der Waals surface area contributed by atoms with Gasteiger partial charge in [0.2, 0.25) is 11.9 Å². The molecule has 3 heterocycles. The molecule has 0 radical (unpaired) electrons. The van der Waals surface area contributed by atoms with E-state index in [1.165, 1.54) is 0 Å². The van der Waals surface area contributed by atoms with Gasteiger partial charge in [0.15, 0.2) is 0 Å². The van der Waals surface area contributed by atoms with Gasteiger partial charge in [-0.2, -0.15) is 9.78 Å². The average Bonchev–Trinajstić information content (AvgIpc) is 3.19. The average molecular weight is 392 g/mol. The molecule has 0 aliphatic carbocycles. The van der Waals surface area contributed by atoms with Gasteiger partial charge in [0, 0.05) is 30.0 Å². The summed E-state index contributed by atoms with van der Waals surface area (Å²) in [6, 6.07) is 15.6. The predicted octanol–water partition coefficient (Wildman–Crippen LogP) is 4.19. The molecule has 2 aromatic carbocycles. The van der Waals surface area contributed by atoms with E-state index in [0.29, 0.717) is 23.2 Å². The van der Waals surface area contributed by atoms with Gasteiger partial charge >= 0.3 is 0 Å². The highest BCUT2D eigenvalue weighted by Crippen LogP contribution is 2.40. The molecule has 1 amide bonds. The molecule has 0 saturated heterocycles. The Labute approximate surface area is 166 Å². The first kappa shape index (κ1) is 17.0. The molecule has 6 nitrogen and oxygen atoms in total. The molecule has 1 aliphatic rings. The van der Waals surface area contributed by atoms with Crippen molar-refractivity contribution >= 4 is 34.4 Å². The van der Waals surface area contributed by atoms with Crippen molar-refractivity contribution in [2.75, 3.05) is 5.32 Å². The molecule has 1 N–H and O–H groups in total. The number of carbonyl (C=O) groups excluding carboxylic acids is 1. The van der Waals surface area contributed by atoms with Crippen LogP contribution in [-0.4, -0.2) is 25.2 Å². The lowest BCUT2D eigenvalue weighted by Gasteiger charge is -2.24. The fraction of sp³-hybridized carbons (Fsp3) is 0.190. The minimum absolute atomic E-state index is 0.0348. The molecular weight excluding hydrogens is 374 g/mol. The van der Waals surface area contributed by atoms with E-state index in [1.807, 2.05) is 67.1 Å². The minimum Gasteiger partial charge on any atom is -0.311 e. The van der Waals surface area contributed by atoms with Crippen LogP contribution in [0.4, 0.5) is 5.82 Å². The van der Waals surface area contributed by atoms with Crippen molar-refractivity contribution in [2.24, 2.45) is 7.05 Å². The molecule has 5 rings (SSSR count). The maximum Gasteiger partial charge on any atom is 0.233 e.